The van der Waals surface area contributed by atoms with E-state index in [-0.39, 0.29) is 18.0 Å². The Labute approximate surface area is 270 Å². The van der Waals surface area contributed by atoms with Crippen molar-refractivity contribution in [2.24, 2.45) is 5.73 Å². The van der Waals surface area contributed by atoms with Gasteiger partial charge in [-0.1, -0.05) is 129 Å². The summed E-state index contributed by atoms with van der Waals surface area (Å²) in [5.74, 6) is -1.26. The van der Waals surface area contributed by atoms with Crippen molar-refractivity contribution < 1.29 is 24.2 Å². The van der Waals surface area contributed by atoms with Gasteiger partial charge in [-0.05, 0) is 64.0 Å². The summed E-state index contributed by atoms with van der Waals surface area (Å²) in [5, 5.41) is 11.9. The number of carbonyl (C=O) groups is 3. The van der Waals surface area contributed by atoms with Gasteiger partial charge in [0.05, 0.1) is 0 Å². The van der Waals surface area contributed by atoms with Gasteiger partial charge in [-0.3, -0.25) is 9.59 Å². The first kappa shape index (κ1) is 42.1. The minimum atomic E-state index is -1.00. The number of nitrogens with two attached hydrogens (primary N) is 1. The van der Waals surface area contributed by atoms with E-state index in [1.54, 1.807) is 0 Å². The average molecular weight is 623 g/mol. The lowest BCUT2D eigenvalue weighted by Crippen LogP contribution is -2.40. The number of carbonyl (C=O) groups excluding carboxylic acids is 2. The van der Waals surface area contributed by atoms with Gasteiger partial charge < -0.3 is 20.9 Å². The van der Waals surface area contributed by atoms with Crippen molar-refractivity contribution in [2.75, 3.05) is 6.54 Å². The highest BCUT2D eigenvalue weighted by Gasteiger charge is 2.18. The molecule has 0 aliphatic rings. The number of rotatable bonds is 33. The van der Waals surface area contributed by atoms with Crippen molar-refractivity contribution in [3.05, 3.63) is 12.2 Å². The Morgan fingerprint density at radius 2 is 1.16 bits per heavy atom. The fourth-order valence-electron chi connectivity index (χ4n) is 5.48. The molecule has 0 saturated carbocycles. The molecule has 258 valence electrons. The van der Waals surface area contributed by atoms with Crippen LogP contribution in [0.2, 0.25) is 0 Å². The number of allylic oxidation sites excluding steroid dienone is 1. The number of esters is 1. The van der Waals surface area contributed by atoms with E-state index in [1.807, 2.05) is 0 Å². The maximum Gasteiger partial charge on any atom is 0.326 e. The molecule has 7 heteroatoms. The third kappa shape index (κ3) is 28.9. The largest absolute Gasteiger partial charge is 0.480 e. The van der Waals surface area contributed by atoms with Gasteiger partial charge in [0.25, 0.3) is 0 Å². The normalized spacial score (nSPS) is 12.8. The fourth-order valence-corrected chi connectivity index (χ4v) is 5.48. The Hall–Kier alpha value is -1.89. The monoisotopic (exact) mass is 623 g/mol. The SMILES string of the molecule is CCCCCCCCC/C=C\C(CCCCCCCCC(=O)NC(CCCN)C(=O)O)OC(=O)CCCCCCCCCC. The average Bonchev–Trinajstić information content (AvgIpc) is 3.00. The molecule has 0 fully saturated rings. The Bertz CT molecular complexity index is 712. The number of ether oxygens (including phenoxy) is 1. The van der Waals surface area contributed by atoms with Crippen LogP contribution in [0.25, 0.3) is 0 Å². The van der Waals surface area contributed by atoms with Crippen LogP contribution in [0.5, 0.6) is 0 Å². The molecule has 44 heavy (non-hydrogen) atoms. The zero-order valence-corrected chi connectivity index (χ0v) is 28.8. The zero-order chi connectivity index (χ0) is 32.5. The summed E-state index contributed by atoms with van der Waals surface area (Å²) in [4.78, 5) is 36.0. The lowest BCUT2D eigenvalue weighted by Gasteiger charge is -2.15. The van der Waals surface area contributed by atoms with Gasteiger partial charge >= 0.3 is 11.9 Å². The second kappa shape index (κ2) is 32.5. The third-order valence-electron chi connectivity index (χ3n) is 8.32. The predicted molar refractivity (Wildman–Crippen MR) is 184 cm³/mol. The van der Waals surface area contributed by atoms with Crippen LogP contribution < -0.4 is 11.1 Å². The second-order valence-corrected chi connectivity index (χ2v) is 12.6. The highest BCUT2D eigenvalue weighted by Crippen LogP contribution is 2.16. The molecule has 0 aliphatic carbocycles. The van der Waals surface area contributed by atoms with Crippen molar-refractivity contribution in [1.29, 1.82) is 0 Å². The first-order valence-corrected chi connectivity index (χ1v) is 18.5. The number of nitrogens with one attached hydrogen (secondary N) is 1. The van der Waals surface area contributed by atoms with Crippen LogP contribution >= 0.6 is 0 Å². The van der Waals surface area contributed by atoms with Crippen molar-refractivity contribution in [1.82, 2.24) is 5.32 Å². The molecule has 7 nitrogen and oxygen atoms in total. The Kier molecular flexibility index (Phi) is 31.1. The number of unbranched alkanes of at least 4 members (excludes halogenated alkanes) is 19. The van der Waals surface area contributed by atoms with Gasteiger partial charge in [0, 0.05) is 12.8 Å². The number of amides is 1. The first-order chi connectivity index (χ1) is 21.4. The molecule has 0 aliphatic heterocycles. The van der Waals surface area contributed by atoms with E-state index >= 15 is 0 Å². The van der Waals surface area contributed by atoms with Crippen LogP contribution in [0.4, 0.5) is 0 Å². The summed E-state index contributed by atoms with van der Waals surface area (Å²) in [7, 11) is 0. The van der Waals surface area contributed by atoms with Crippen molar-refractivity contribution in [3.63, 3.8) is 0 Å². The quantitative estimate of drug-likeness (QED) is 0.0381. The first-order valence-electron chi connectivity index (χ1n) is 18.5. The van der Waals surface area contributed by atoms with Crippen LogP contribution in [0.3, 0.4) is 0 Å². The Morgan fingerprint density at radius 3 is 1.70 bits per heavy atom. The van der Waals surface area contributed by atoms with E-state index in [4.69, 9.17) is 10.5 Å². The summed E-state index contributed by atoms with van der Waals surface area (Å²) in [6.45, 7) is 4.90. The molecule has 2 atom stereocenters. The molecule has 0 aromatic heterocycles. The second-order valence-electron chi connectivity index (χ2n) is 12.6. The minimum Gasteiger partial charge on any atom is -0.480 e. The molecular formula is C37H70N2O5. The van der Waals surface area contributed by atoms with Gasteiger partial charge in [-0.25, -0.2) is 4.79 Å². The summed E-state index contributed by atoms with van der Waals surface area (Å²) < 4.78 is 5.91. The number of carboxylic acids is 1. The molecule has 4 N–H and O–H groups in total. The zero-order valence-electron chi connectivity index (χ0n) is 28.8. The van der Waals surface area contributed by atoms with Gasteiger partial charge in [0.1, 0.15) is 12.1 Å². The molecule has 0 saturated heterocycles. The summed E-state index contributed by atoms with van der Waals surface area (Å²) >= 11 is 0. The smallest absolute Gasteiger partial charge is 0.326 e. The fraction of sp³-hybridized carbons (Fsp3) is 0.865. The molecule has 0 radical (unpaired) electrons. The van der Waals surface area contributed by atoms with Crippen LogP contribution in [-0.4, -0.2) is 41.6 Å². The van der Waals surface area contributed by atoms with E-state index in [0.717, 1.165) is 64.2 Å². The summed E-state index contributed by atoms with van der Waals surface area (Å²) in [5.41, 5.74) is 5.46. The molecule has 0 bridgehead atoms. The number of aliphatic carboxylic acids is 1. The molecule has 0 rings (SSSR count). The maximum absolute atomic E-state index is 12.6. The molecular weight excluding hydrogens is 552 g/mol. The van der Waals surface area contributed by atoms with Crippen LogP contribution in [0, 0.1) is 0 Å². The lowest BCUT2D eigenvalue weighted by molar-refractivity contribution is -0.147. The van der Waals surface area contributed by atoms with Crippen LogP contribution in [-0.2, 0) is 19.1 Å². The van der Waals surface area contributed by atoms with Crippen molar-refractivity contribution in [2.45, 2.75) is 199 Å². The molecule has 2 unspecified atom stereocenters. The molecule has 0 heterocycles. The van der Waals surface area contributed by atoms with Crippen LogP contribution in [0.1, 0.15) is 187 Å². The number of carboxylic acid groups (broad SMARTS) is 1. The topological polar surface area (TPSA) is 119 Å². The van der Waals surface area contributed by atoms with E-state index < -0.39 is 12.0 Å². The highest BCUT2D eigenvalue weighted by atomic mass is 16.5. The predicted octanol–water partition coefficient (Wildman–Crippen LogP) is 9.55. The van der Waals surface area contributed by atoms with E-state index in [9.17, 15) is 19.5 Å². The molecule has 0 aromatic rings. The third-order valence-corrected chi connectivity index (χ3v) is 8.32. The Balaban J connectivity index is 4.30. The van der Waals surface area contributed by atoms with Gasteiger partial charge in [-0.2, -0.15) is 0 Å². The Morgan fingerprint density at radius 1 is 0.659 bits per heavy atom. The van der Waals surface area contributed by atoms with E-state index in [2.05, 4.69) is 31.3 Å². The molecule has 0 spiro atoms. The number of hydrogen-bond acceptors (Lipinski definition) is 5. The van der Waals surface area contributed by atoms with Crippen LogP contribution in [0.15, 0.2) is 12.2 Å². The summed E-state index contributed by atoms with van der Waals surface area (Å²) in [6, 6.07) is -0.849. The lowest BCUT2D eigenvalue weighted by atomic mass is 10.0. The van der Waals surface area contributed by atoms with Crippen molar-refractivity contribution in [3.8, 4) is 0 Å². The van der Waals surface area contributed by atoms with Gasteiger partial charge in [0.15, 0.2) is 0 Å². The standard InChI is InChI=1S/C37H70N2O5/c1-3-5-7-9-11-13-14-18-22-27-33(44-36(41)31-25-21-15-12-10-8-6-4-2)28-23-19-16-17-20-24-30-35(40)39-34(37(42)43)29-26-32-38/h22,27,33-34H,3-21,23-26,28-32,38H2,1-2H3,(H,39,40)(H,42,43)/b27-22-. The maximum atomic E-state index is 12.6. The molecule has 0 aromatic carbocycles. The highest BCUT2D eigenvalue weighted by molar-refractivity contribution is 5.83. The minimum absolute atomic E-state index is 0.0620. The summed E-state index contributed by atoms with van der Waals surface area (Å²) in [6.07, 6.45) is 32.7. The van der Waals surface area contributed by atoms with Crippen molar-refractivity contribution >= 4 is 17.8 Å². The number of hydrogen-bond donors (Lipinski definition) is 3. The van der Waals surface area contributed by atoms with Gasteiger partial charge in [-0.15, -0.1) is 0 Å². The van der Waals surface area contributed by atoms with E-state index in [0.29, 0.717) is 32.2 Å². The molecule has 1 amide bonds. The van der Waals surface area contributed by atoms with Gasteiger partial charge in [0.2, 0.25) is 5.91 Å². The van der Waals surface area contributed by atoms with E-state index in [1.165, 1.54) is 83.5 Å².